The maximum absolute atomic E-state index is 11.0. The van der Waals surface area contributed by atoms with E-state index in [9.17, 15) is 5.11 Å². The highest BCUT2D eigenvalue weighted by atomic mass is 16.3. The molecule has 10 atom stereocenters. The number of allylic oxidation sites excluding steroid dienone is 1. The van der Waals surface area contributed by atoms with Crippen molar-refractivity contribution < 1.29 is 5.11 Å². The first-order chi connectivity index (χ1) is 14.7. The number of aliphatic hydroxyl groups is 1. The Bertz CT molecular complexity index is 811. The minimum atomic E-state index is -0.132. The molecule has 5 fully saturated rings. The molecule has 0 aromatic heterocycles. The fourth-order valence-corrected chi connectivity index (χ4v) is 12.2. The fraction of sp³-hybridized carbons (Fsp3) is 0.935. The molecule has 0 saturated heterocycles. The Hall–Kier alpha value is -0.300. The Balaban J connectivity index is 1.57. The Kier molecular flexibility index (Phi) is 4.89. The number of hydrogen-bond acceptors (Lipinski definition) is 1. The molecule has 0 spiro atoms. The van der Waals surface area contributed by atoms with Crippen molar-refractivity contribution in [2.45, 2.75) is 126 Å². The molecule has 1 N–H and O–H groups in total. The van der Waals surface area contributed by atoms with E-state index in [4.69, 9.17) is 0 Å². The lowest BCUT2D eigenvalue weighted by Gasteiger charge is -2.77. The lowest BCUT2D eigenvalue weighted by atomic mass is 9.27. The summed E-state index contributed by atoms with van der Waals surface area (Å²) in [6, 6.07) is 0. The molecule has 5 rings (SSSR count). The molecule has 5 aliphatic carbocycles. The van der Waals surface area contributed by atoms with Gasteiger partial charge in [-0.2, -0.15) is 0 Å². The molecular weight excluding hydrogens is 388 g/mol. The van der Waals surface area contributed by atoms with Gasteiger partial charge >= 0.3 is 0 Å². The molecule has 1 heteroatoms. The molecule has 0 aromatic carbocycles. The van der Waals surface area contributed by atoms with Crippen LogP contribution in [0.5, 0.6) is 0 Å². The van der Waals surface area contributed by atoms with Crippen LogP contribution >= 0.6 is 0 Å². The molecule has 5 saturated carbocycles. The summed E-state index contributed by atoms with van der Waals surface area (Å²) in [6.07, 6.45) is 13.2. The molecule has 0 aromatic rings. The normalized spacial score (nSPS) is 58.8. The zero-order valence-electron chi connectivity index (χ0n) is 22.6. The monoisotopic (exact) mass is 440 g/mol. The maximum atomic E-state index is 11.0. The zero-order chi connectivity index (χ0) is 23.5. The molecular formula is C31H52O. The molecule has 0 radical (unpaired) electrons. The fourth-order valence-electron chi connectivity index (χ4n) is 12.2. The molecule has 0 heterocycles. The largest absolute Gasteiger partial charge is 0.393 e. The van der Waals surface area contributed by atoms with Gasteiger partial charge in [0.25, 0.3) is 0 Å². The number of fused-ring (bicyclic) bond motifs is 7. The Morgan fingerprint density at radius 2 is 1.22 bits per heavy atom. The molecule has 182 valence electrons. The van der Waals surface area contributed by atoms with Crippen LogP contribution in [0, 0.1) is 56.2 Å². The lowest BCUT2D eigenvalue weighted by molar-refractivity contribution is -0.294. The summed E-state index contributed by atoms with van der Waals surface area (Å²) in [7, 11) is 0. The van der Waals surface area contributed by atoms with Crippen LogP contribution in [0.15, 0.2) is 12.2 Å². The first-order valence-corrected chi connectivity index (χ1v) is 14.0. The molecule has 3 unspecified atom stereocenters. The van der Waals surface area contributed by atoms with E-state index in [0.717, 1.165) is 24.2 Å². The molecule has 5 aliphatic rings. The van der Waals surface area contributed by atoms with Crippen LogP contribution in [0.25, 0.3) is 0 Å². The Morgan fingerprint density at radius 3 is 1.81 bits per heavy atom. The minimum absolute atomic E-state index is 0.0406. The van der Waals surface area contributed by atoms with Gasteiger partial charge < -0.3 is 5.11 Å². The smallest absolute Gasteiger partial charge is 0.0594 e. The molecule has 1 nitrogen and oxygen atoms in total. The number of hydrogen-bond donors (Lipinski definition) is 1. The van der Waals surface area contributed by atoms with Crippen LogP contribution in [0.2, 0.25) is 0 Å². The van der Waals surface area contributed by atoms with Gasteiger partial charge in [-0.05, 0) is 127 Å². The van der Waals surface area contributed by atoms with E-state index in [1.807, 2.05) is 0 Å². The molecule has 0 aliphatic heterocycles. The van der Waals surface area contributed by atoms with Crippen molar-refractivity contribution >= 4 is 0 Å². The van der Waals surface area contributed by atoms with E-state index in [0.29, 0.717) is 33.0 Å². The van der Waals surface area contributed by atoms with Gasteiger partial charge in [0.15, 0.2) is 0 Å². The topological polar surface area (TPSA) is 20.2 Å². The number of aliphatic hydroxyl groups excluding tert-OH is 1. The van der Waals surface area contributed by atoms with E-state index >= 15 is 0 Å². The Morgan fingerprint density at radius 1 is 0.688 bits per heavy atom. The average Bonchev–Trinajstić information content (AvgIpc) is 3.05. The summed E-state index contributed by atoms with van der Waals surface area (Å²) in [5.74, 6) is 3.13. The first-order valence-electron chi connectivity index (χ1n) is 14.0. The van der Waals surface area contributed by atoms with Crippen molar-refractivity contribution in [1.82, 2.24) is 0 Å². The quantitative estimate of drug-likeness (QED) is 0.406. The average molecular weight is 441 g/mol. The van der Waals surface area contributed by atoms with E-state index < -0.39 is 0 Å². The van der Waals surface area contributed by atoms with Crippen LogP contribution in [0.4, 0.5) is 0 Å². The summed E-state index contributed by atoms with van der Waals surface area (Å²) in [5.41, 5.74) is 3.52. The summed E-state index contributed by atoms with van der Waals surface area (Å²) in [4.78, 5) is 0. The van der Waals surface area contributed by atoms with Gasteiger partial charge in [0.2, 0.25) is 0 Å². The van der Waals surface area contributed by atoms with E-state index in [2.05, 4.69) is 62.0 Å². The van der Waals surface area contributed by atoms with Crippen molar-refractivity contribution in [2.24, 2.45) is 56.2 Å². The molecule has 0 amide bonds. The van der Waals surface area contributed by atoms with Crippen molar-refractivity contribution in [1.29, 1.82) is 0 Å². The van der Waals surface area contributed by atoms with Gasteiger partial charge in [-0.3, -0.25) is 0 Å². The highest BCUT2D eigenvalue weighted by molar-refractivity contribution is 5.24. The highest BCUT2D eigenvalue weighted by Crippen LogP contribution is 2.81. The third-order valence-corrected chi connectivity index (χ3v) is 14.6. The standard InChI is InChI=1S/C31H52O/c1-20(2)21-10-15-27(5)22(21)11-16-29(7)24(27)13-19-30(8)28(6)17-14-25(32)26(3,4)23(28)12-18-31(29,30)9/h21-25,32H,1,10-19H2,2-9H3/t21-,22?,23?,24?,25+,27+,28+,29-,30-,31+/m1/s1. The van der Waals surface area contributed by atoms with E-state index in [1.54, 1.807) is 0 Å². The SMILES string of the molecule is C=C(C)[C@H]1CC[C@@]2(C)C1CC[C@]1(C)C2CC[C@@]2(C)[C@@]1(C)CCC1C(C)(C)[C@@H](O)CC[C@@]12C. The summed E-state index contributed by atoms with van der Waals surface area (Å²) in [6.45, 7) is 25.0. The van der Waals surface area contributed by atoms with Gasteiger partial charge in [0, 0.05) is 0 Å². The summed E-state index contributed by atoms with van der Waals surface area (Å²) < 4.78 is 0. The van der Waals surface area contributed by atoms with Gasteiger partial charge in [-0.15, -0.1) is 0 Å². The molecule has 0 bridgehead atoms. The third kappa shape index (κ3) is 2.41. The zero-order valence-corrected chi connectivity index (χ0v) is 22.6. The minimum Gasteiger partial charge on any atom is -0.393 e. The predicted molar refractivity (Wildman–Crippen MR) is 135 cm³/mol. The van der Waals surface area contributed by atoms with E-state index in [1.165, 1.54) is 63.4 Å². The van der Waals surface area contributed by atoms with Crippen LogP contribution in [0.3, 0.4) is 0 Å². The van der Waals surface area contributed by atoms with Crippen molar-refractivity contribution in [3.05, 3.63) is 12.2 Å². The highest BCUT2D eigenvalue weighted by Gasteiger charge is 2.74. The Labute approximate surface area is 199 Å². The van der Waals surface area contributed by atoms with Crippen LogP contribution in [-0.4, -0.2) is 11.2 Å². The second kappa shape index (κ2) is 6.67. The third-order valence-electron chi connectivity index (χ3n) is 14.6. The lowest BCUT2D eigenvalue weighted by Crippen LogP contribution is -2.71. The second-order valence-corrected chi connectivity index (χ2v) is 15.2. The second-order valence-electron chi connectivity index (χ2n) is 15.2. The van der Waals surface area contributed by atoms with Gasteiger partial charge in [0.05, 0.1) is 6.10 Å². The first kappa shape index (κ1) is 23.4. The van der Waals surface area contributed by atoms with E-state index in [-0.39, 0.29) is 11.5 Å². The number of rotatable bonds is 1. The molecule has 32 heavy (non-hydrogen) atoms. The summed E-state index contributed by atoms with van der Waals surface area (Å²) >= 11 is 0. The summed E-state index contributed by atoms with van der Waals surface area (Å²) in [5, 5.41) is 11.0. The van der Waals surface area contributed by atoms with Crippen molar-refractivity contribution in [2.75, 3.05) is 0 Å². The van der Waals surface area contributed by atoms with Crippen LogP contribution < -0.4 is 0 Å². The van der Waals surface area contributed by atoms with Crippen molar-refractivity contribution in [3.63, 3.8) is 0 Å². The van der Waals surface area contributed by atoms with Gasteiger partial charge in [-0.25, -0.2) is 0 Å². The maximum Gasteiger partial charge on any atom is 0.0594 e. The van der Waals surface area contributed by atoms with Gasteiger partial charge in [0.1, 0.15) is 0 Å². The van der Waals surface area contributed by atoms with Crippen LogP contribution in [-0.2, 0) is 0 Å². The van der Waals surface area contributed by atoms with Crippen molar-refractivity contribution in [3.8, 4) is 0 Å². The van der Waals surface area contributed by atoms with Gasteiger partial charge in [-0.1, -0.05) is 60.6 Å². The van der Waals surface area contributed by atoms with Crippen LogP contribution in [0.1, 0.15) is 120 Å². The predicted octanol–water partition coefficient (Wildman–Crippen LogP) is 8.41.